The maximum Gasteiger partial charge on any atom is 0.401 e. The van der Waals surface area contributed by atoms with Crippen molar-refractivity contribution in [2.24, 2.45) is 5.92 Å². The molecule has 0 spiro atoms. The summed E-state index contributed by atoms with van der Waals surface area (Å²) in [4.78, 5) is 11.5. The van der Waals surface area contributed by atoms with Crippen molar-refractivity contribution in [3.05, 3.63) is 0 Å². The number of hydrogen-bond acceptors (Lipinski definition) is 3. The third-order valence-corrected chi connectivity index (χ3v) is 2.27. The molecule has 0 aliphatic rings. The minimum Gasteiger partial charge on any atom is -0.458 e. The SMILES string of the molecule is CCC(C)C(=O)OC(C)(C)CNCC(F)(F)F. The zero-order valence-electron chi connectivity index (χ0n) is 10.6. The first kappa shape index (κ1) is 16.2. The van der Waals surface area contributed by atoms with Crippen LogP contribution in [0, 0.1) is 5.92 Å². The molecular weight excluding hydrogens is 235 g/mol. The summed E-state index contributed by atoms with van der Waals surface area (Å²) in [6, 6.07) is 0. The van der Waals surface area contributed by atoms with Crippen LogP contribution < -0.4 is 5.32 Å². The molecular formula is C11H20F3NO2. The van der Waals surface area contributed by atoms with Crippen LogP contribution >= 0.6 is 0 Å². The van der Waals surface area contributed by atoms with E-state index in [0.29, 0.717) is 6.42 Å². The second-order valence-corrected chi connectivity index (χ2v) is 4.71. The number of carbonyl (C=O) groups is 1. The number of halogens is 3. The van der Waals surface area contributed by atoms with Crippen molar-refractivity contribution >= 4 is 5.97 Å². The van der Waals surface area contributed by atoms with Crippen LogP contribution in [0.5, 0.6) is 0 Å². The topological polar surface area (TPSA) is 38.3 Å². The molecule has 1 atom stereocenters. The molecule has 0 fully saturated rings. The van der Waals surface area contributed by atoms with Crippen LogP contribution in [0.2, 0.25) is 0 Å². The number of alkyl halides is 3. The smallest absolute Gasteiger partial charge is 0.401 e. The molecule has 0 radical (unpaired) electrons. The summed E-state index contributed by atoms with van der Waals surface area (Å²) in [7, 11) is 0. The summed E-state index contributed by atoms with van der Waals surface area (Å²) in [6.45, 7) is 5.61. The molecule has 0 amide bonds. The van der Waals surface area contributed by atoms with Gasteiger partial charge in [-0.3, -0.25) is 4.79 Å². The number of esters is 1. The summed E-state index contributed by atoms with van der Waals surface area (Å²) in [5, 5.41) is 2.23. The number of ether oxygens (including phenoxy) is 1. The van der Waals surface area contributed by atoms with E-state index in [9.17, 15) is 18.0 Å². The fourth-order valence-corrected chi connectivity index (χ4v) is 1.08. The van der Waals surface area contributed by atoms with Crippen LogP contribution in [0.4, 0.5) is 13.2 Å². The molecule has 0 heterocycles. The molecule has 0 aliphatic heterocycles. The molecule has 17 heavy (non-hydrogen) atoms. The molecule has 102 valence electrons. The zero-order valence-corrected chi connectivity index (χ0v) is 10.6. The van der Waals surface area contributed by atoms with E-state index in [1.165, 1.54) is 0 Å². The van der Waals surface area contributed by atoms with E-state index in [0.717, 1.165) is 0 Å². The van der Waals surface area contributed by atoms with Crippen LogP contribution in [-0.4, -0.2) is 30.8 Å². The Bertz CT molecular complexity index is 252. The summed E-state index contributed by atoms with van der Waals surface area (Å²) in [5.41, 5.74) is -0.939. The van der Waals surface area contributed by atoms with Crippen molar-refractivity contribution in [3.63, 3.8) is 0 Å². The molecule has 1 unspecified atom stereocenters. The van der Waals surface area contributed by atoms with Crippen LogP contribution in [-0.2, 0) is 9.53 Å². The molecule has 0 aromatic carbocycles. The Hall–Kier alpha value is -0.780. The van der Waals surface area contributed by atoms with Crippen molar-refractivity contribution in [2.45, 2.75) is 45.9 Å². The third-order valence-electron chi connectivity index (χ3n) is 2.27. The molecule has 0 bridgehead atoms. The first-order valence-corrected chi connectivity index (χ1v) is 5.57. The Morgan fingerprint density at radius 2 is 1.82 bits per heavy atom. The number of nitrogens with one attached hydrogen (secondary N) is 1. The van der Waals surface area contributed by atoms with Gasteiger partial charge in [0.15, 0.2) is 0 Å². The molecule has 6 heteroatoms. The normalized spacial score (nSPS) is 14.5. The van der Waals surface area contributed by atoms with Gasteiger partial charge in [0.2, 0.25) is 0 Å². The summed E-state index contributed by atoms with van der Waals surface area (Å²) in [6.07, 6.45) is -3.61. The van der Waals surface area contributed by atoms with Gasteiger partial charge in [-0.2, -0.15) is 13.2 Å². The van der Waals surface area contributed by atoms with Gasteiger partial charge in [-0.1, -0.05) is 13.8 Å². The molecule has 0 aliphatic carbocycles. The van der Waals surface area contributed by atoms with E-state index < -0.39 is 18.3 Å². The van der Waals surface area contributed by atoms with E-state index in [1.807, 2.05) is 6.92 Å². The van der Waals surface area contributed by atoms with E-state index in [1.54, 1.807) is 20.8 Å². The monoisotopic (exact) mass is 255 g/mol. The number of rotatable bonds is 6. The highest BCUT2D eigenvalue weighted by molar-refractivity contribution is 5.72. The lowest BCUT2D eigenvalue weighted by molar-refractivity contribution is -0.161. The minimum absolute atomic E-state index is 0.0331. The van der Waals surface area contributed by atoms with Gasteiger partial charge in [0.1, 0.15) is 5.60 Å². The highest BCUT2D eigenvalue weighted by Gasteiger charge is 2.30. The van der Waals surface area contributed by atoms with Gasteiger partial charge < -0.3 is 10.1 Å². The second-order valence-electron chi connectivity index (χ2n) is 4.71. The molecule has 1 N–H and O–H groups in total. The van der Waals surface area contributed by atoms with Crippen molar-refractivity contribution in [1.82, 2.24) is 5.32 Å². The first-order chi connectivity index (χ1) is 7.57. The maximum atomic E-state index is 11.9. The van der Waals surface area contributed by atoms with Gasteiger partial charge in [0, 0.05) is 6.54 Å². The van der Waals surface area contributed by atoms with Crippen LogP contribution in [0.25, 0.3) is 0 Å². The van der Waals surface area contributed by atoms with E-state index in [4.69, 9.17) is 4.74 Å². The van der Waals surface area contributed by atoms with Gasteiger partial charge in [-0.05, 0) is 20.3 Å². The molecule has 0 aromatic rings. The largest absolute Gasteiger partial charge is 0.458 e. The van der Waals surface area contributed by atoms with Crippen molar-refractivity contribution in [1.29, 1.82) is 0 Å². The predicted octanol–water partition coefficient (Wildman–Crippen LogP) is 2.51. The maximum absolute atomic E-state index is 11.9. The Morgan fingerprint density at radius 3 is 2.24 bits per heavy atom. The van der Waals surface area contributed by atoms with E-state index >= 15 is 0 Å². The summed E-state index contributed by atoms with van der Waals surface area (Å²) < 4.78 is 40.9. The second kappa shape index (κ2) is 6.23. The van der Waals surface area contributed by atoms with Gasteiger partial charge >= 0.3 is 12.1 Å². The summed E-state index contributed by atoms with van der Waals surface area (Å²) in [5.74, 6) is -0.622. The Labute approximate surface area is 99.7 Å². The number of carbonyl (C=O) groups excluding carboxylic acids is 1. The lowest BCUT2D eigenvalue weighted by Crippen LogP contribution is -2.43. The Kier molecular flexibility index (Phi) is 5.95. The highest BCUT2D eigenvalue weighted by atomic mass is 19.4. The average molecular weight is 255 g/mol. The van der Waals surface area contributed by atoms with Crippen LogP contribution in [0.3, 0.4) is 0 Å². The molecule has 0 rings (SSSR count). The highest BCUT2D eigenvalue weighted by Crippen LogP contribution is 2.15. The third kappa shape index (κ3) is 8.01. The minimum atomic E-state index is -4.25. The standard InChI is InChI=1S/C11H20F3NO2/c1-5-8(2)9(16)17-10(3,4)6-15-7-11(12,13)14/h8,15H,5-7H2,1-4H3. The Balaban J connectivity index is 4.08. The van der Waals surface area contributed by atoms with Crippen molar-refractivity contribution < 1.29 is 22.7 Å². The van der Waals surface area contributed by atoms with E-state index in [2.05, 4.69) is 5.32 Å². The van der Waals surface area contributed by atoms with Gasteiger partial charge in [0.25, 0.3) is 0 Å². The lowest BCUT2D eigenvalue weighted by Gasteiger charge is -2.27. The van der Waals surface area contributed by atoms with Crippen molar-refractivity contribution in [3.8, 4) is 0 Å². The predicted molar refractivity (Wildman–Crippen MR) is 58.6 cm³/mol. The average Bonchev–Trinajstić information content (AvgIpc) is 2.13. The molecule has 0 aromatic heterocycles. The first-order valence-electron chi connectivity index (χ1n) is 5.57. The zero-order chi connectivity index (χ0) is 13.7. The van der Waals surface area contributed by atoms with Gasteiger partial charge in [-0.25, -0.2) is 0 Å². The summed E-state index contributed by atoms with van der Waals surface area (Å²) >= 11 is 0. The van der Waals surface area contributed by atoms with Gasteiger partial charge in [0.05, 0.1) is 12.5 Å². The fourth-order valence-electron chi connectivity index (χ4n) is 1.08. The van der Waals surface area contributed by atoms with Crippen LogP contribution in [0.1, 0.15) is 34.1 Å². The van der Waals surface area contributed by atoms with Crippen molar-refractivity contribution in [2.75, 3.05) is 13.1 Å². The van der Waals surface area contributed by atoms with Gasteiger partial charge in [-0.15, -0.1) is 0 Å². The quantitative estimate of drug-likeness (QED) is 0.741. The molecule has 0 saturated heterocycles. The number of hydrogen-bond donors (Lipinski definition) is 1. The molecule has 0 saturated carbocycles. The Morgan fingerprint density at radius 1 is 1.29 bits per heavy atom. The lowest BCUT2D eigenvalue weighted by atomic mass is 10.1. The van der Waals surface area contributed by atoms with E-state index in [-0.39, 0.29) is 18.4 Å². The molecule has 3 nitrogen and oxygen atoms in total. The fraction of sp³-hybridized carbons (Fsp3) is 0.909. The van der Waals surface area contributed by atoms with Crippen LogP contribution in [0.15, 0.2) is 0 Å².